The molecular weight excluding hydrogens is 304 g/mol. The van der Waals surface area contributed by atoms with E-state index >= 15 is 0 Å². The molecule has 3 rings (SSSR count). The number of allylic oxidation sites excluding steroid dienone is 2. The summed E-state index contributed by atoms with van der Waals surface area (Å²) < 4.78 is 4.94. The number of rotatable bonds is 4. The summed E-state index contributed by atoms with van der Waals surface area (Å²) in [7, 11) is 1.40. The second-order valence-corrected chi connectivity index (χ2v) is 6.50. The predicted molar refractivity (Wildman–Crippen MR) is 95.9 cm³/mol. The van der Waals surface area contributed by atoms with Gasteiger partial charge in [-0.1, -0.05) is 20.4 Å². The van der Waals surface area contributed by atoms with E-state index in [-0.39, 0.29) is 32.6 Å². The fourth-order valence-corrected chi connectivity index (χ4v) is 3.03. The van der Waals surface area contributed by atoms with Gasteiger partial charge in [0.05, 0.1) is 18.4 Å². The Balaban J connectivity index is 0.00000156. The van der Waals surface area contributed by atoms with Gasteiger partial charge in [-0.25, -0.2) is 4.79 Å². The lowest BCUT2D eigenvalue weighted by molar-refractivity contribution is -0.135. The zero-order valence-electron chi connectivity index (χ0n) is 13.8. The van der Waals surface area contributed by atoms with Crippen molar-refractivity contribution in [2.45, 2.75) is 40.0 Å². The molecule has 1 saturated heterocycles. The smallest absolute Gasteiger partial charge is 0.339 e. The third-order valence-corrected chi connectivity index (χ3v) is 4.68. The number of hydrogen-bond acceptors (Lipinski definition) is 4. The molecule has 1 saturated carbocycles. The highest BCUT2D eigenvalue weighted by molar-refractivity contribution is 5.93. The highest BCUT2D eigenvalue weighted by atomic mass is 16.5. The molecule has 0 radical (unpaired) electrons. The summed E-state index contributed by atoms with van der Waals surface area (Å²) in [5.41, 5.74) is 2.29. The Kier molecular flexibility index (Phi) is 5.86. The number of nitrogens with zero attached hydrogens (tertiary/aromatic N) is 1. The topological polar surface area (TPSA) is 58.6 Å². The van der Waals surface area contributed by atoms with Crippen LogP contribution in [0, 0.1) is 11.8 Å². The van der Waals surface area contributed by atoms with Crippen molar-refractivity contribution < 1.29 is 15.8 Å². The van der Waals surface area contributed by atoms with Gasteiger partial charge in [-0.05, 0) is 37.8 Å². The van der Waals surface area contributed by atoms with Gasteiger partial charge in [0.2, 0.25) is 5.91 Å². The summed E-state index contributed by atoms with van der Waals surface area (Å²) in [4.78, 5) is 26.5. The zero-order valence-corrected chi connectivity index (χ0v) is 13.8. The van der Waals surface area contributed by atoms with Crippen LogP contribution in [0.2, 0.25) is 0 Å². The number of carbonyl (C=O) groups is 2. The van der Waals surface area contributed by atoms with Gasteiger partial charge in [-0.2, -0.15) is 0 Å². The molecule has 5 heteroatoms. The second kappa shape index (κ2) is 7.69. The Bertz CT molecular complexity index is 600. The molecule has 1 unspecified atom stereocenters. The van der Waals surface area contributed by atoms with Gasteiger partial charge < -0.3 is 15.0 Å². The summed E-state index contributed by atoms with van der Waals surface area (Å²) in [6.07, 6.45) is 9.94. The molecule has 1 N–H and O–H groups in total. The number of ether oxygens (including phenoxy) is 1. The molecule has 24 heavy (non-hydrogen) atoms. The number of hydrogen-bond donors (Lipinski definition) is 1. The second-order valence-electron chi connectivity index (χ2n) is 6.50. The van der Waals surface area contributed by atoms with E-state index in [0.29, 0.717) is 5.57 Å². The summed E-state index contributed by atoms with van der Waals surface area (Å²) in [5, 5.41) is 3.06. The van der Waals surface area contributed by atoms with E-state index in [1.807, 2.05) is 25.2 Å². The number of methoxy groups -OCH3 is 1. The molecule has 134 valence electrons. The average molecular weight is 334 g/mol. The molecule has 2 fully saturated rings. The SMILES string of the molecule is C.COC(=O)C1=C(N2CCCC2)C=C(NC(=O)C2CC2)C(C)C=C1.[HH]. The minimum atomic E-state index is -0.332. The van der Waals surface area contributed by atoms with Gasteiger partial charge in [0.15, 0.2) is 0 Å². The van der Waals surface area contributed by atoms with Crippen LogP contribution in [-0.4, -0.2) is 37.0 Å². The lowest BCUT2D eigenvalue weighted by Crippen LogP contribution is -2.28. The Morgan fingerprint density at radius 1 is 1.29 bits per heavy atom. The first kappa shape index (κ1) is 18.3. The van der Waals surface area contributed by atoms with Crippen LogP contribution in [0.25, 0.3) is 0 Å². The maximum absolute atomic E-state index is 12.2. The number of likely N-dealkylation sites (tertiary alicyclic amines) is 1. The maximum atomic E-state index is 12.2. The molecule has 1 amide bonds. The van der Waals surface area contributed by atoms with E-state index in [2.05, 4.69) is 10.2 Å². The number of carbonyl (C=O) groups excluding carboxylic acids is 2. The molecular formula is C19H30N2O3. The van der Waals surface area contributed by atoms with Crippen molar-refractivity contribution in [1.29, 1.82) is 0 Å². The third-order valence-electron chi connectivity index (χ3n) is 4.68. The van der Waals surface area contributed by atoms with Crippen LogP contribution in [0.1, 0.15) is 41.5 Å². The molecule has 0 aromatic heterocycles. The van der Waals surface area contributed by atoms with Gasteiger partial charge in [-0.3, -0.25) is 4.79 Å². The van der Waals surface area contributed by atoms with E-state index < -0.39 is 0 Å². The van der Waals surface area contributed by atoms with Crippen molar-refractivity contribution in [1.82, 2.24) is 10.2 Å². The van der Waals surface area contributed by atoms with Gasteiger partial charge in [-0.15, -0.1) is 0 Å². The first-order valence-corrected chi connectivity index (χ1v) is 8.38. The normalized spacial score (nSPS) is 23.3. The Labute approximate surface area is 145 Å². The van der Waals surface area contributed by atoms with E-state index in [1.54, 1.807) is 0 Å². The molecule has 0 spiro atoms. The van der Waals surface area contributed by atoms with E-state index in [9.17, 15) is 9.59 Å². The average Bonchev–Trinajstić information content (AvgIpc) is 3.29. The van der Waals surface area contributed by atoms with Crippen LogP contribution in [0.4, 0.5) is 0 Å². The maximum Gasteiger partial charge on any atom is 0.339 e. The van der Waals surface area contributed by atoms with Gasteiger partial charge >= 0.3 is 5.97 Å². The lowest BCUT2D eigenvalue weighted by Gasteiger charge is -2.22. The minimum Gasteiger partial charge on any atom is -0.465 e. The number of nitrogens with one attached hydrogen (secondary N) is 1. The predicted octanol–water partition coefficient (Wildman–Crippen LogP) is 3.01. The first-order chi connectivity index (χ1) is 11.1. The van der Waals surface area contributed by atoms with Gasteiger partial charge in [0, 0.05) is 32.0 Å². The van der Waals surface area contributed by atoms with Crippen molar-refractivity contribution in [3.63, 3.8) is 0 Å². The zero-order chi connectivity index (χ0) is 16.4. The molecule has 0 aromatic carbocycles. The molecule has 2 aliphatic carbocycles. The fraction of sp³-hybridized carbons (Fsp3) is 0.579. The standard InChI is InChI=1S/C18H24N2O3.CH4.H2/c1-12-5-8-14(18(22)23-2)16(20-9-3-4-10-20)11-15(12)19-17(21)13-6-7-13;;/h5,8,11-13H,3-4,6-7,9-10H2,1-2H3,(H,19,21);1H4;1H. The minimum absolute atomic E-state index is 0. The molecule has 0 bridgehead atoms. The summed E-state index contributed by atoms with van der Waals surface area (Å²) in [5.74, 6) is -0.0211. The number of amides is 1. The van der Waals surface area contributed by atoms with Crippen molar-refractivity contribution in [2.24, 2.45) is 11.8 Å². The Morgan fingerprint density at radius 2 is 1.96 bits per heavy atom. The highest BCUT2D eigenvalue weighted by Gasteiger charge is 2.31. The molecule has 1 heterocycles. The molecule has 3 aliphatic rings. The van der Waals surface area contributed by atoms with Crippen molar-refractivity contribution in [3.8, 4) is 0 Å². The van der Waals surface area contributed by atoms with E-state index in [0.717, 1.165) is 50.2 Å². The Hall–Kier alpha value is -2.04. The molecule has 1 atom stereocenters. The fourth-order valence-electron chi connectivity index (χ4n) is 3.03. The van der Waals surface area contributed by atoms with Crippen LogP contribution in [-0.2, 0) is 14.3 Å². The first-order valence-electron chi connectivity index (χ1n) is 8.38. The number of esters is 1. The molecule has 5 nitrogen and oxygen atoms in total. The summed E-state index contributed by atoms with van der Waals surface area (Å²) in [6.45, 7) is 3.88. The van der Waals surface area contributed by atoms with E-state index in [4.69, 9.17) is 4.74 Å². The van der Waals surface area contributed by atoms with Crippen LogP contribution in [0.3, 0.4) is 0 Å². The quantitative estimate of drug-likeness (QED) is 0.803. The van der Waals surface area contributed by atoms with Crippen molar-refractivity contribution in [3.05, 3.63) is 35.2 Å². The largest absolute Gasteiger partial charge is 0.465 e. The van der Waals surface area contributed by atoms with Gasteiger partial charge in [0.25, 0.3) is 0 Å². The van der Waals surface area contributed by atoms with Gasteiger partial charge in [0.1, 0.15) is 0 Å². The van der Waals surface area contributed by atoms with Crippen LogP contribution >= 0.6 is 0 Å². The van der Waals surface area contributed by atoms with Crippen LogP contribution in [0.15, 0.2) is 35.2 Å². The third kappa shape index (κ3) is 3.89. The summed E-state index contributed by atoms with van der Waals surface area (Å²) in [6, 6.07) is 0. The van der Waals surface area contributed by atoms with Crippen molar-refractivity contribution >= 4 is 11.9 Å². The Morgan fingerprint density at radius 3 is 2.54 bits per heavy atom. The van der Waals surface area contributed by atoms with Crippen molar-refractivity contribution in [2.75, 3.05) is 20.2 Å². The van der Waals surface area contributed by atoms with E-state index in [1.165, 1.54) is 7.11 Å². The highest BCUT2D eigenvalue weighted by Crippen LogP contribution is 2.31. The molecule has 0 aromatic rings. The summed E-state index contributed by atoms with van der Waals surface area (Å²) >= 11 is 0. The molecule has 1 aliphatic heterocycles. The monoisotopic (exact) mass is 334 g/mol. The lowest BCUT2D eigenvalue weighted by atomic mass is 10.1. The van der Waals surface area contributed by atoms with Crippen LogP contribution in [0.5, 0.6) is 0 Å². The van der Waals surface area contributed by atoms with Crippen LogP contribution < -0.4 is 5.32 Å².